The number of esters is 1. The first kappa shape index (κ1) is 17.3. The van der Waals surface area contributed by atoms with E-state index >= 15 is 0 Å². The number of anilines is 3. The highest BCUT2D eigenvalue weighted by Crippen LogP contribution is 2.20. The fourth-order valence-electron chi connectivity index (χ4n) is 2.31. The zero-order valence-corrected chi connectivity index (χ0v) is 14.1. The summed E-state index contributed by atoms with van der Waals surface area (Å²) in [4.78, 5) is 20.4. The lowest BCUT2D eigenvalue weighted by Crippen LogP contribution is -2.08. The van der Waals surface area contributed by atoms with Gasteiger partial charge in [0.15, 0.2) is 0 Å². The Morgan fingerprint density at radius 1 is 1.12 bits per heavy atom. The minimum Gasteiger partial charge on any atom is -0.465 e. The lowest BCUT2D eigenvalue weighted by Gasteiger charge is -2.11. The first-order chi connectivity index (χ1) is 12.7. The summed E-state index contributed by atoms with van der Waals surface area (Å²) in [5, 5.41) is 6.17. The van der Waals surface area contributed by atoms with Gasteiger partial charge in [0.25, 0.3) is 0 Å². The van der Waals surface area contributed by atoms with Gasteiger partial charge in [-0.1, -0.05) is 24.3 Å². The molecule has 3 aromatic rings. The minimum absolute atomic E-state index is 0.272. The molecule has 0 amide bonds. The quantitative estimate of drug-likeness (QED) is 0.658. The van der Waals surface area contributed by atoms with Crippen LogP contribution in [0.25, 0.3) is 0 Å². The summed E-state index contributed by atoms with van der Waals surface area (Å²) in [6, 6.07) is 14.9. The predicted octanol–water partition coefficient (Wildman–Crippen LogP) is 3.76. The number of rotatable bonds is 6. The zero-order chi connectivity index (χ0) is 18.4. The molecule has 0 saturated heterocycles. The number of benzene rings is 2. The standard InChI is InChI=1S/C19H17FN4O2/c1-26-18(25)15-4-2-3-5-16(15)23-19-21-11-10-17(24-19)22-12-13-6-8-14(20)9-7-13/h2-11H,12H2,1H3,(H2,21,22,23,24). The Bertz CT molecular complexity index is 900. The van der Waals surface area contributed by atoms with Gasteiger partial charge in [-0.2, -0.15) is 4.98 Å². The second kappa shape index (κ2) is 8.06. The van der Waals surface area contributed by atoms with Crippen LogP contribution in [0.1, 0.15) is 15.9 Å². The normalized spacial score (nSPS) is 10.2. The molecule has 7 heteroatoms. The van der Waals surface area contributed by atoms with E-state index in [1.165, 1.54) is 19.2 Å². The Kier molecular flexibility index (Phi) is 5.38. The molecule has 0 atom stereocenters. The van der Waals surface area contributed by atoms with Crippen LogP contribution >= 0.6 is 0 Å². The maximum Gasteiger partial charge on any atom is 0.339 e. The van der Waals surface area contributed by atoms with Gasteiger partial charge in [0, 0.05) is 12.7 Å². The highest BCUT2D eigenvalue weighted by atomic mass is 19.1. The molecule has 2 aromatic carbocycles. The number of para-hydroxylation sites is 1. The fourth-order valence-corrected chi connectivity index (χ4v) is 2.31. The molecule has 0 bridgehead atoms. The number of carbonyl (C=O) groups is 1. The molecule has 132 valence electrons. The number of ether oxygens (including phenoxy) is 1. The van der Waals surface area contributed by atoms with Gasteiger partial charge < -0.3 is 15.4 Å². The molecule has 0 unspecified atom stereocenters. The number of methoxy groups -OCH3 is 1. The topological polar surface area (TPSA) is 76.1 Å². The van der Waals surface area contributed by atoms with Crippen molar-refractivity contribution >= 4 is 23.4 Å². The summed E-state index contributed by atoms with van der Waals surface area (Å²) in [5.74, 6) is 0.220. The van der Waals surface area contributed by atoms with Gasteiger partial charge in [0.05, 0.1) is 18.4 Å². The maximum absolute atomic E-state index is 12.9. The van der Waals surface area contributed by atoms with E-state index in [0.717, 1.165) is 5.56 Å². The Balaban J connectivity index is 1.72. The summed E-state index contributed by atoms with van der Waals surface area (Å²) in [5.41, 5.74) is 1.87. The van der Waals surface area contributed by atoms with E-state index in [1.54, 1.807) is 48.7 Å². The third-order valence-electron chi connectivity index (χ3n) is 3.62. The van der Waals surface area contributed by atoms with Gasteiger partial charge in [0.2, 0.25) is 5.95 Å². The molecular weight excluding hydrogens is 335 g/mol. The van der Waals surface area contributed by atoms with Gasteiger partial charge in [-0.25, -0.2) is 14.2 Å². The number of halogens is 1. The van der Waals surface area contributed by atoms with Crippen molar-refractivity contribution in [3.8, 4) is 0 Å². The molecule has 0 saturated carbocycles. The third kappa shape index (κ3) is 4.32. The molecule has 26 heavy (non-hydrogen) atoms. The van der Waals surface area contributed by atoms with Crippen molar-refractivity contribution in [1.29, 1.82) is 0 Å². The van der Waals surface area contributed by atoms with Crippen LogP contribution in [-0.2, 0) is 11.3 Å². The third-order valence-corrected chi connectivity index (χ3v) is 3.62. The predicted molar refractivity (Wildman–Crippen MR) is 96.8 cm³/mol. The Hall–Kier alpha value is -3.48. The minimum atomic E-state index is -0.446. The molecule has 6 nitrogen and oxygen atoms in total. The Morgan fingerprint density at radius 3 is 2.65 bits per heavy atom. The van der Waals surface area contributed by atoms with Crippen LogP contribution in [0.4, 0.5) is 21.8 Å². The molecule has 0 radical (unpaired) electrons. The van der Waals surface area contributed by atoms with Crippen LogP contribution in [0.3, 0.4) is 0 Å². The van der Waals surface area contributed by atoms with E-state index in [-0.39, 0.29) is 5.82 Å². The Morgan fingerprint density at radius 2 is 1.88 bits per heavy atom. The smallest absolute Gasteiger partial charge is 0.339 e. The molecule has 0 aliphatic rings. The monoisotopic (exact) mass is 352 g/mol. The van der Waals surface area contributed by atoms with Crippen molar-refractivity contribution in [3.63, 3.8) is 0 Å². The number of carbonyl (C=O) groups excluding carboxylic acids is 1. The SMILES string of the molecule is COC(=O)c1ccccc1Nc1nccc(NCc2ccc(F)cc2)n1. The second-order valence-electron chi connectivity index (χ2n) is 5.41. The number of hydrogen-bond donors (Lipinski definition) is 2. The summed E-state index contributed by atoms with van der Waals surface area (Å²) in [6.45, 7) is 0.496. The highest BCUT2D eigenvalue weighted by Gasteiger charge is 2.12. The van der Waals surface area contributed by atoms with Gasteiger partial charge in [0.1, 0.15) is 11.6 Å². The number of aromatic nitrogens is 2. The van der Waals surface area contributed by atoms with Gasteiger partial charge in [-0.05, 0) is 35.9 Å². The summed E-state index contributed by atoms with van der Waals surface area (Å²) in [6.07, 6.45) is 1.60. The van der Waals surface area contributed by atoms with Crippen molar-refractivity contribution < 1.29 is 13.9 Å². The van der Waals surface area contributed by atoms with Gasteiger partial charge in [-0.3, -0.25) is 0 Å². The first-order valence-electron chi connectivity index (χ1n) is 7.91. The van der Waals surface area contributed by atoms with Crippen molar-refractivity contribution in [2.24, 2.45) is 0 Å². The average Bonchev–Trinajstić information content (AvgIpc) is 2.68. The van der Waals surface area contributed by atoms with E-state index in [0.29, 0.717) is 29.6 Å². The summed E-state index contributed by atoms with van der Waals surface area (Å²) < 4.78 is 17.7. The second-order valence-corrected chi connectivity index (χ2v) is 5.41. The van der Waals surface area contributed by atoms with Crippen molar-refractivity contribution in [2.45, 2.75) is 6.54 Å². The molecule has 2 N–H and O–H groups in total. The zero-order valence-electron chi connectivity index (χ0n) is 14.1. The van der Waals surface area contributed by atoms with E-state index in [4.69, 9.17) is 4.74 Å². The first-order valence-corrected chi connectivity index (χ1v) is 7.91. The molecular formula is C19H17FN4O2. The number of hydrogen-bond acceptors (Lipinski definition) is 6. The number of nitrogens with zero attached hydrogens (tertiary/aromatic N) is 2. The summed E-state index contributed by atoms with van der Waals surface area (Å²) >= 11 is 0. The number of nitrogens with one attached hydrogen (secondary N) is 2. The van der Waals surface area contributed by atoms with E-state index in [9.17, 15) is 9.18 Å². The van der Waals surface area contributed by atoms with Crippen LogP contribution in [0.2, 0.25) is 0 Å². The average molecular weight is 352 g/mol. The summed E-state index contributed by atoms with van der Waals surface area (Å²) in [7, 11) is 1.33. The van der Waals surface area contributed by atoms with E-state index in [2.05, 4.69) is 20.6 Å². The van der Waals surface area contributed by atoms with Crippen LogP contribution < -0.4 is 10.6 Å². The molecule has 3 rings (SSSR count). The van der Waals surface area contributed by atoms with Crippen LogP contribution in [0.15, 0.2) is 60.8 Å². The van der Waals surface area contributed by atoms with E-state index < -0.39 is 5.97 Å². The Labute approximate surface area is 150 Å². The maximum atomic E-state index is 12.9. The molecule has 0 aliphatic heterocycles. The van der Waals surface area contributed by atoms with Crippen LogP contribution in [-0.4, -0.2) is 23.0 Å². The largest absolute Gasteiger partial charge is 0.465 e. The molecule has 0 spiro atoms. The van der Waals surface area contributed by atoms with Crippen molar-refractivity contribution in [3.05, 3.63) is 77.7 Å². The van der Waals surface area contributed by atoms with E-state index in [1.807, 2.05) is 0 Å². The van der Waals surface area contributed by atoms with Crippen LogP contribution in [0.5, 0.6) is 0 Å². The molecule has 1 aromatic heterocycles. The lowest BCUT2D eigenvalue weighted by atomic mass is 10.2. The molecule has 0 fully saturated rings. The van der Waals surface area contributed by atoms with Gasteiger partial charge >= 0.3 is 5.97 Å². The van der Waals surface area contributed by atoms with Crippen molar-refractivity contribution in [1.82, 2.24) is 9.97 Å². The molecule has 1 heterocycles. The fraction of sp³-hybridized carbons (Fsp3) is 0.105. The highest BCUT2D eigenvalue weighted by molar-refractivity contribution is 5.96. The van der Waals surface area contributed by atoms with Gasteiger partial charge in [-0.15, -0.1) is 0 Å². The molecule has 0 aliphatic carbocycles. The van der Waals surface area contributed by atoms with Crippen molar-refractivity contribution in [2.75, 3.05) is 17.7 Å². The lowest BCUT2D eigenvalue weighted by molar-refractivity contribution is 0.0602. The van der Waals surface area contributed by atoms with Crippen LogP contribution in [0, 0.1) is 5.82 Å².